The summed E-state index contributed by atoms with van der Waals surface area (Å²) in [6, 6.07) is 6.28. The highest BCUT2D eigenvalue weighted by Gasteiger charge is 2.28. The summed E-state index contributed by atoms with van der Waals surface area (Å²) in [5.74, 6) is 2.28. The highest BCUT2D eigenvalue weighted by Crippen LogP contribution is 2.37. The zero-order valence-electron chi connectivity index (χ0n) is 14.2. The summed E-state index contributed by atoms with van der Waals surface area (Å²) in [6.45, 7) is 4.40. The van der Waals surface area contributed by atoms with E-state index >= 15 is 0 Å². The molecule has 1 aromatic carbocycles. The monoisotopic (exact) mass is 316 g/mol. The highest BCUT2D eigenvalue weighted by molar-refractivity contribution is 5.77. The van der Waals surface area contributed by atoms with Gasteiger partial charge in [0.2, 0.25) is 5.91 Å². The van der Waals surface area contributed by atoms with Crippen LogP contribution in [0, 0.1) is 11.8 Å². The molecule has 2 aliphatic rings. The van der Waals surface area contributed by atoms with E-state index in [1.807, 2.05) is 12.1 Å². The van der Waals surface area contributed by atoms with Gasteiger partial charge in [-0.3, -0.25) is 4.79 Å². The molecule has 1 aromatic rings. The largest absolute Gasteiger partial charge is 0.496 e. The normalized spacial score (nSPS) is 22.4. The summed E-state index contributed by atoms with van der Waals surface area (Å²) in [5, 5.41) is 6.64. The summed E-state index contributed by atoms with van der Waals surface area (Å²) in [7, 11) is 1.71. The summed E-state index contributed by atoms with van der Waals surface area (Å²) in [4.78, 5) is 12.5. The summed E-state index contributed by atoms with van der Waals surface area (Å²) in [5.41, 5.74) is 2.49. The Morgan fingerprint density at radius 1 is 1.35 bits per heavy atom. The van der Waals surface area contributed by atoms with E-state index in [4.69, 9.17) is 4.74 Å². The second kappa shape index (κ2) is 7.35. The van der Waals surface area contributed by atoms with Gasteiger partial charge in [0, 0.05) is 6.42 Å². The van der Waals surface area contributed by atoms with Crippen molar-refractivity contribution in [3.8, 4) is 5.75 Å². The Kier molecular flexibility index (Phi) is 5.21. The third kappa shape index (κ3) is 3.69. The molecule has 23 heavy (non-hydrogen) atoms. The van der Waals surface area contributed by atoms with Gasteiger partial charge in [-0.15, -0.1) is 0 Å². The lowest BCUT2D eigenvalue weighted by atomic mass is 9.84. The van der Waals surface area contributed by atoms with Crippen LogP contribution in [0.15, 0.2) is 18.2 Å². The molecule has 0 saturated carbocycles. The number of carbonyl (C=O) groups is 1. The predicted octanol–water partition coefficient (Wildman–Crippen LogP) is 2.82. The quantitative estimate of drug-likeness (QED) is 0.878. The zero-order valence-corrected chi connectivity index (χ0v) is 14.2. The number of nitrogens with one attached hydrogen (secondary N) is 2. The molecule has 1 fully saturated rings. The van der Waals surface area contributed by atoms with E-state index in [0.717, 1.165) is 31.7 Å². The average Bonchev–Trinajstić information content (AvgIpc) is 2.98. The molecule has 1 aliphatic carbocycles. The molecule has 0 bridgehead atoms. The minimum atomic E-state index is 0.146. The number of hydrogen-bond acceptors (Lipinski definition) is 3. The Balaban J connectivity index is 1.57. The van der Waals surface area contributed by atoms with Gasteiger partial charge in [0.05, 0.1) is 13.2 Å². The molecule has 1 aliphatic heterocycles. The molecule has 1 heterocycles. The van der Waals surface area contributed by atoms with E-state index in [1.54, 1.807) is 7.11 Å². The van der Waals surface area contributed by atoms with Gasteiger partial charge in [-0.2, -0.15) is 0 Å². The van der Waals surface area contributed by atoms with E-state index < -0.39 is 0 Å². The van der Waals surface area contributed by atoms with Crippen molar-refractivity contribution >= 4 is 5.91 Å². The molecule has 4 heteroatoms. The van der Waals surface area contributed by atoms with Crippen LogP contribution in [0.5, 0.6) is 5.75 Å². The maximum Gasteiger partial charge on any atom is 0.220 e. The van der Waals surface area contributed by atoms with Crippen LogP contribution in [-0.2, 0) is 11.2 Å². The van der Waals surface area contributed by atoms with Crippen LogP contribution in [-0.4, -0.2) is 26.1 Å². The molecule has 0 spiro atoms. The number of benzene rings is 1. The number of amides is 1. The van der Waals surface area contributed by atoms with Crippen LogP contribution in [0.1, 0.15) is 49.8 Å². The summed E-state index contributed by atoms with van der Waals surface area (Å²) < 4.78 is 5.44. The summed E-state index contributed by atoms with van der Waals surface area (Å²) in [6.07, 6.45) is 4.98. The topological polar surface area (TPSA) is 50.4 Å². The molecule has 3 rings (SSSR count). The maximum atomic E-state index is 12.5. The van der Waals surface area contributed by atoms with Crippen molar-refractivity contribution in [3.63, 3.8) is 0 Å². The number of carbonyl (C=O) groups excluding carboxylic acids is 1. The van der Waals surface area contributed by atoms with E-state index in [1.165, 1.54) is 24.0 Å². The van der Waals surface area contributed by atoms with Crippen LogP contribution in [0.3, 0.4) is 0 Å². The van der Waals surface area contributed by atoms with Crippen molar-refractivity contribution < 1.29 is 9.53 Å². The minimum Gasteiger partial charge on any atom is -0.496 e. The van der Waals surface area contributed by atoms with Gasteiger partial charge >= 0.3 is 0 Å². The minimum absolute atomic E-state index is 0.146. The fourth-order valence-corrected chi connectivity index (χ4v) is 4.09. The van der Waals surface area contributed by atoms with Crippen molar-refractivity contribution in [1.29, 1.82) is 0 Å². The Hall–Kier alpha value is -1.55. The van der Waals surface area contributed by atoms with Crippen molar-refractivity contribution in [2.75, 3.05) is 20.2 Å². The van der Waals surface area contributed by atoms with E-state index in [9.17, 15) is 4.79 Å². The van der Waals surface area contributed by atoms with Gasteiger partial charge in [0.1, 0.15) is 5.75 Å². The second-order valence-corrected chi connectivity index (χ2v) is 6.96. The van der Waals surface area contributed by atoms with Gasteiger partial charge in [0.25, 0.3) is 0 Å². The second-order valence-electron chi connectivity index (χ2n) is 6.96. The lowest BCUT2D eigenvalue weighted by Crippen LogP contribution is -2.34. The predicted molar refractivity (Wildman–Crippen MR) is 91.6 cm³/mol. The van der Waals surface area contributed by atoms with Gasteiger partial charge < -0.3 is 15.4 Å². The molecule has 0 aromatic heterocycles. The standard InChI is InChI=1S/C19H28N2O2/c1-13(14-8-10-20-11-9-14)12-19(22)21-17-7-6-16-15(17)4-3-5-18(16)23-2/h3-5,13-14,17,20H,6-12H2,1-2H3,(H,21,22). The number of fused-ring (bicyclic) bond motifs is 1. The molecule has 2 atom stereocenters. The van der Waals surface area contributed by atoms with Crippen LogP contribution in [0.25, 0.3) is 0 Å². The molecule has 1 saturated heterocycles. The van der Waals surface area contributed by atoms with Crippen LogP contribution in [0.2, 0.25) is 0 Å². The molecular formula is C19H28N2O2. The van der Waals surface area contributed by atoms with Crippen LogP contribution in [0.4, 0.5) is 0 Å². The van der Waals surface area contributed by atoms with Gasteiger partial charge in [-0.1, -0.05) is 19.1 Å². The SMILES string of the molecule is COc1cccc2c1CCC2NC(=O)CC(C)C1CCNCC1. The van der Waals surface area contributed by atoms with Crippen molar-refractivity contribution in [1.82, 2.24) is 10.6 Å². The molecule has 126 valence electrons. The molecule has 2 N–H and O–H groups in total. The number of ether oxygens (including phenoxy) is 1. The maximum absolute atomic E-state index is 12.5. The first-order chi connectivity index (χ1) is 11.2. The molecule has 1 amide bonds. The zero-order chi connectivity index (χ0) is 16.2. The molecule has 4 nitrogen and oxygen atoms in total. The highest BCUT2D eigenvalue weighted by atomic mass is 16.5. The number of hydrogen-bond donors (Lipinski definition) is 2. The number of rotatable bonds is 5. The number of piperidine rings is 1. The van der Waals surface area contributed by atoms with E-state index in [-0.39, 0.29) is 11.9 Å². The third-order valence-electron chi connectivity index (χ3n) is 5.48. The first-order valence-corrected chi connectivity index (χ1v) is 8.85. The molecule has 2 unspecified atom stereocenters. The van der Waals surface area contributed by atoms with Crippen molar-refractivity contribution in [2.24, 2.45) is 11.8 Å². The lowest BCUT2D eigenvalue weighted by Gasteiger charge is -2.28. The van der Waals surface area contributed by atoms with Gasteiger partial charge in [-0.05, 0) is 67.8 Å². The van der Waals surface area contributed by atoms with Crippen molar-refractivity contribution in [3.05, 3.63) is 29.3 Å². The van der Waals surface area contributed by atoms with E-state index in [2.05, 4.69) is 23.6 Å². The van der Waals surface area contributed by atoms with Gasteiger partial charge in [-0.25, -0.2) is 0 Å². The van der Waals surface area contributed by atoms with Gasteiger partial charge in [0.15, 0.2) is 0 Å². The Morgan fingerprint density at radius 2 is 2.13 bits per heavy atom. The Bertz CT molecular complexity index is 552. The van der Waals surface area contributed by atoms with E-state index in [0.29, 0.717) is 18.3 Å². The smallest absolute Gasteiger partial charge is 0.220 e. The molecular weight excluding hydrogens is 288 g/mol. The van der Waals surface area contributed by atoms with Crippen molar-refractivity contribution in [2.45, 2.75) is 45.1 Å². The fourth-order valence-electron chi connectivity index (χ4n) is 4.09. The fraction of sp³-hybridized carbons (Fsp3) is 0.632. The average molecular weight is 316 g/mol. The lowest BCUT2D eigenvalue weighted by molar-refractivity contribution is -0.123. The third-order valence-corrected chi connectivity index (χ3v) is 5.48. The van der Waals surface area contributed by atoms with Crippen LogP contribution >= 0.6 is 0 Å². The molecule has 0 radical (unpaired) electrons. The first-order valence-electron chi connectivity index (χ1n) is 8.85. The first kappa shape index (κ1) is 16.3. The Labute approximate surface area is 139 Å². The van der Waals surface area contributed by atoms with Crippen LogP contribution < -0.4 is 15.4 Å². The summed E-state index contributed by atoms with van der Waals surface area (Å²) >= 11 is 0. The number of methoxy groups -OCH3 is 1. The Morgan fingerprint density at radius 3 is 2.87 bits per heavy atom.